The predicted molar refractivity (Wildman–Crippen MR) is 110 cm³/mol. The van der Waals surface area contributed by atoms with Gasteiger partial charge < -0.3 is 9.88 Å². The van der Waals surface area contributed by atoms with E-state index in [0.717, 1.165) is 36.2 Å². The van der Waals surface area contributed by atoms with Crippen LogP contribution in [-0.2, 0) is 11.2 Å². The molecule has 26 heavy (non-hydrogen) atoms. The number of carbonyl (C=O) groups excluding carboxylic acids is 1. The zero-order chi connectivity index (χ0) is 18.6. The average molecular weight is 416 g/mol. The third-order valence-corrected chi connectivity index (χ3v) is 6.74. The van der Waals surface area contributed by atoms with E-state index in [-0.39, 0.29) is 5.91 Å². The van der Waals surface area contributed by atoms with Crippen molar-refractivity contribution in [1.82, 2.24) is 14.8 Å². The first-order chi connectivity index (χ1) is 12.4. The first-order valence-corrected chi connectivity index (χ1v) is 10.2. The predicted octanol–water partition coefficient (Wildman–Crippen LogP) is 4.06. The normalized spacial score (nSPS) is 25.1. The number of aromatic nitrogens is 1. The van der Waals surface area contributed by atoms with Gasteiger partial charge in [-0.3, -0.25) is 9.69 Å². The van der Waals surface area contributed by atoms with Crippen LogP contribution < -0.4 is 0 Å². The first kappa shape index (κ1) is 17.8. The van der Waals surface area contributed by atoms with Crippen LogP contribution in [0.2, 0.25) is 0 Å². The largest absolute Gasteiger partial charge is 0.349 e. The van der Waals surface area contributed by atoms with Crippen molar-refractivity contribution in [3.05, 3.63) is 40.0 Å². The summed E-state index contributed by atoms with van der Waals surface area (Å²) in [6.07, 6.45) is 3.23. The topological polar surface area (TPSA) is 39.3 Å². The van der Waals surface area contributed by atoms with Crippen LogP contribution in [0.25, 0.3) is 16.5 Å². The van der Waals surface area contributed by atoms with E-state index < -0.39 is 5.41 Å². The van der Waals surface area contributed by atoms with Gasteiger partial charge in [0.05, 0.1) is 10.0 Å². The molecule has 4 nitrogen and oxygen atoms in total. The Morgan fingerprint density at radius 2 is 2.12 bits per heavy atom. The van der Waals surface area contributed by atoms with E-state index in [4.69, 9.17) is 0 Å². The second kappa shape index (κ2) is 6.24. The monoisotopic (exact) mass is 415 g/mol. The van der Waals surface area contributed by atoms with Gasteiger partial charge in [-0.15, -0.1) is 0 Å². The van der Waals surface area contributed by atoms with E-state index in [1.165, 1.54) is 22.1 Å². The number of likely N-dealkylation sites (N-methyl/N-ethyl adjacent to an activating group) is 1. The summed E-state index contributed by atoms with van der Waals surface area (Å²) in [6, 6.07) is 6.75. The minimum atomic E-state index is -0.486. The number of nitrogens with zero attached hydrogens (tertiary/aromatic N) is 2. The van der Waals surface area contributed by atoms with Gasteiger partial charge in [0.15, 0.2) is 0 Å². The molecule has 0 saturated heterocycles. The number of H-pyrrole nitrogens is 1. The molecule has 0 bridgehead atoms. The van der Waals surface area contributed by atoms with Gasteiger partial charge in [-0.05, 0) is 72.9 Å². The Balaban J connectivity index is 1.88. The van der Waals surface area contributed by atoms with Crippen LogP contribution in [0, 0.1) is 5.41 Å². The van der Waals surface area contributed by atoms with Crippen molar-refractivity contribution in [2.24, 2.45) is 5.41 Å². The van der Waals surface area contributed by atoms with Crippen LogP contribution >= 0.6 is 15.9 Å². The summed E-state index contributed by atoms with van der Waals surface area (Å²) in [7, 11) is 2.15. The van der Waals surface area contributed by atoms with E-state index in [2.05, 4.69) is 77.9 Å². The van der Waals surface area contributed by atoms with Crippen LogP contribution in [0.4, 0.5) is 0 Å². The fourth-order valence-electron chi connectivity index (χ4n) is 4.79. The highest BCUT2D eigenvalue weighted by atomic mass is 79.9. The SMILES string of the molecule is CCN(CC)C(=O)[C@@]1(C)C=C2c3cccc4[nH]c(Br)c(c34)CC2N(C)C1. The maximum absolute atomic E-state index is 13.2. The Hall–Kier alpha value is -1.59. The molecule has 2 atom stereocenters. The first-order valence-electron chi connectivity index (χ1n) is 9.41. The van der Waals surface area contributed by atoms with Crippen molar-refractivity contribution in [1.29, 1.82) is 0 Å². The standard InChI is InChI=1S/C21H26BrN3O/c1-5-25(6-2)20(26)21(3)11-15-13-8-7-9-16-18(13)14(19(22)23-16)10-17(15)24(4)12-21/h7-9,11,17,23H,5-6,10,12H2,1-4H3/t17?,21-/m0/s1. The Kier molecular flexibility index (Phi) is 4.27. The number of rotatable bonds is 3. The van der Waals surface area contributed by atoms with Gasteiger partial charge in [0.25, 0.3) is 0 Å². The molecule has 4 rings (SSSR count). The van der Waals surface area contributed by atoms with Gasteiger partial charge in [-0.25, -0.2) is 0 Å². The molecule has 1 unspecified atom stereocenters. The molecule has 0 spiro atoms. The second-order valence-electron chi connectivity index (χ2n) is 7.78. The van der Waals surface area contributed by atoms with Gasteiger partial charge in [-0.2, -0.15) is 0 Å². The van der Waals surface area contributed by atoms with Crippen molar-refractivity contribution in [2.45, 2.75) is 33.2 Å². The summed E-state index contributed by atoms with van der Waals surface area (Å²) >= 11 is 3.70. The van der Waals surface area contributed by atoms with Crippen molar-refractivity contribution in [3.63, 3.8) is 0 Å². The lowest BCUT2D eigenvalue weighted by Crippen LogP contribution is -2.53. The number of fused-ring (bicyclic) bond motifs is 2. The fraction of sp³-hybridized carbons (Fsp3) is 0.476. The molecule has 1 aliphatic heterocycles. The van der Waals surface area contributed by atoms with Crippen LogP contribution in [0.15, 0.2) is 28.9 Å². The number of carbonyl (C=O) groups is 1. The minimum Gasteiger partial charge on any atom is -0.349 e. The maximum Gasteiger partial charge on any atom is 0.233 e. The number of aromatic amines is 1. The Bertz CT molecular complexity index is 911. The van der Waals surface area contributed by atoms with E-state index >= 15 is 0 Å². The summed E-state index contributed by atoms with van der Waals surface area (Å²) < 4.78 is 1.08. The zero-order valence-electron chi connectivity index (χ0n) is 15.9. The van der Waals surface area contributed by atoms with Crippen molar-refractivity contribution in [3.8, 4) is 0 Å². The third kappa shape index (κ3) is 2.48. The molecule has 1 aliphatic carbocycles. The molecule has 1 N–H and O–H groups in total. The maximum atomic E-state index is 13.2. The quantitative estimate of drug-likeness (QED) is 0.820. The number of hydrogen-bond donors (Lipinski definition) is 1. The van der Waals surface area contributed by atoms with Crippen LogP contribution in [0.5, 0.6) is 0 Å². The molecule has 1 amide bonds. The van der Waals surface area contributed by atoms with Gasteiger partial charge in [0.1, 0.15) is 0 Å². The van der Waals surface area contributed by atoms with Crippen molar-refractivity contribution >= 4 is 38.3 Å². The summed E-state index contributed by atoms with van der Waals surface area (Å²) in [5, 5.41) is 1.30. The van der Waals surface area contributed by atoms with Crippen LogP contribution in [0.3, 0.4) is 0 Å². The molecule has 2 heterocycles. The molecule has 0 fully saturated rings. The number of amides is 1. The smallest absolute Gasteiger partial charge is 0.233 e. The lowest BCUT2D eigenvalue weighted by Gasteiger charge is -2.45. The van der Waals surface area contributed by atoms with E-state index in [1.54, 1.807) is 0 Å². The van der Waals surface area contributed by atoms with E-state index in [1.807, 2.05) is 4.90 Å². The van der Waals surface area contributed by atoms with Crippen LogP contribution in [-0.4, -0.2) is 53.4 Å². The average Bonchev–Trinajstić information content (AvgIpc) is 2.94. The molecular formula is C21H26BrN3O. The highest BCUT2D eigenvalue weighted by Gasteiger charge is 2.43. The third-order valence-electron chi connectivity index (χ3n) is 6.07. The molecule has 1 aromatic heterocycles. The Labute approximate surface area is 163 Å². The number of halogens is 1. The molecule has 1 aromatic carbocycles. The lowest BCUT2D eigenvalue weighted by atomic mass is 9.74. The number of benzene rings is 1. The van der Waals surface area contributed by atoms with Gasteiger partial charge in [-0.1, -0.05) is 18.2 Å². The highest BCUT2D eigenvalue weighted by molar-refractivity contribution is 9.10. The van der Waals surface area contributed by atoms with Crippen molar-refractivity contribution < 1.29 is 4.79 Å². The number of nitrogens with one attached hydrogen (secondary N) is 1. The fourth-order valence-corrected chi connectivity index (χ4v) is 5.36. The molecule has 2 aliphatic rings. The molecule has 0 saturated carbocycles. The van der Waals surface area contributed by atoms with Crippen LogP contribution in [0.1, 0.15) is 31.9 Å². The summed E-state index contributed by atoms with van der Waals surface area (Å²) in [4.78, 5) is 21.0. The summed E-state index contributed by atoms with van der Waals surface area (Å²) in [5.74, 6) is 0.230. The zero-order valence-corrected chi connectivity index (χ0v) is 17.5. The molecule has 0 radical (unpaired) electrons. The molecule has 5 heteroatoms. The molecule has 138 valence electrons. The van der Waals surface area contributed by atoms with E-state index in [9.17, 15) is 4.79 Å². The highest BCUT2D eigenvalue weighted by Crippen LogP contribution is 2.45. The van der Waals surface area contributed by atoms with Gasteiger partial charge in [0, 0.05) is 36.6 Å². The van der Waals surface area contributed by atoms with Gasteiger partial charge in [0.2, 0.25) is 5.91 Å². The van der Waals surface area contributed by atoms with Crippen molar-refractivity contribution in [2.75, 3.05) is 26.7 Å². The molecular weight excluding hydrogens is 390 g/mol. The minimum absolute atomic E-state index is 0.230. The summed E-state index contributed by atoms with van der Waals surface area (Å²) in [5.41, 5.74) is 4.59. The lowest BCUT2D eigenvalue weighted by molar-refractivity contribution is -0.139. The van der Waals surface area contributed by atoms with E-state index in [0.29, 0.717) is 6.04 Å². The summed E-state index contributed by atoms with van der Waals surface area (Å²) in [6.45, 7) is 8.47. The van der Waals surface area contributed by atoms with Gasteiger partial charge >= 0.3 is 0 Å². The second-order valence-corrected chi connectivity index (χ2v) is 8.57. The Morgan fingerprint density at radius 3 is 2.81 bits per heavy atom. The molecule has 2 aromatic rings. The number of hydrogen-bond acceptors (Lipinski definition) is 2. The Morgan fingerprint density at radius 1 is 1.38 bits per heavy atom.